The predicted octanol–water partition coefficient (Wildman–Crippen LogP) is 3.48. The molecule has 3 aromatic heterocycles. The van der Waals surface area contributed by atoms with Crippen molar-refractivity contribution in [3.8, 4) is 0 Å². The van der Waals surface area contributed by atoms with Crippen LogP contribution in [-0.4, -0.2) is 44.0 Å². The fourth-order valence-electron chi connectivity index (χ4n) is 3.82. The highest BCUT2D eigenvalue weighted by Gasteiger charge is 2.26. The van der Waals surface area contributed by atoms with Crippen molar-refractivity contribution in [1.29, 1.82) is 0 Å². The highest BCUT2D eigenvalue weighted by atomic mass is 16.5. The van der Waals surface area contributed by atoms with Crippen molar-refractivity contribution < 1.29 is 9.32 Å². The van der Waals surface area contributed by atoms with Gasteiger partial charge in [-0.3, -0.25) is 9.78 Å². The van der Waals surface area contributed by atoms with Gasteiger partial charge in [-0.2, -0.15) is 0 Å². The molecule has 0 saturated carbocycles. The molecule has 8 heteroatoms. The van der Waals surface area contributed by atoms with Gasteiger partial charge < -0.3 is 14.7 Å². The summed E-state index contributed by atoms with van der Waals surface area (Å²) >= 11 is 0. The molecule has 30 heavy (non-hydrogen) atoms. The summed E-state index contributed by atoms with van der Waals surface area (Å²) < 4.78 is 5.17. The second-order valence-corrected chi connectivity index (χ2v) is 7.76. The summed E-state index contributed by atoms with van der Waals surface area (Å²) in [5.74, 6) is 2.59. The molecule has 1 N–H and O–H groups in total. The fraction of sp³-hybridized carbons (Fsp3) is 0.409. The second-order valence-electron chi connectivity index (χ2n) is 7.76. The average molecular weight is 406 g/mol. The van der Waals surface area contributed by atoms with Crippen LogP contribution in [0.15, 0.2) is 35.2 Å². The number of anilines is 2. The lowest BCUT2D eigenvalue weighted by molar-refractivity contribution is -0.131. The number of aryl methyl sites for hydroxylation is 3. The molecule has 0 aliphatic carbocycles. The maximum Gasteiger partial charge on any atom is 0.227 e. The predicted molar refractivity (Wildman–Crippen MR) is 113 cm³/mol. The number of carbonyl (C=O) groups excluding carboxylic acids is 1. The molecule has 0 radical (unpaired) electrons. The molecule has 0 aromatic carbocycles. The first-order valence-corrected chi connectivity index (χ1v) is 10.2. The lowest BCUT2D eigenvalue weighted by atomic mass is 9.93. The third kappa shape index (κ3) is 4.32. The van der Waals surface area contributed by atoms with Crippen molar-refractivity contribution >= 4 is 17.5 Å². The zero-order valence-electron chi connectivity index (χ0n) is 17.6. The van der Waals surface area contributed by atoms with Crippen molar-refractivity contribution in [2.45, 2.75) is 46.0 Å². The first-order valence-electron chi connectivity index (χ1n) is 10.2. The van der Waals surface area contributed by atoms with Crippen molar-refractivity contribution in [2.75, 3.05) is 18.4 Å². The van der Waals surface area contributed by atoms with Gasteiger partial charge in [0, 0.05) is 37.0 Å². The van der Waals surface area contributed by atoms with Gasteiger partial charge in [0.2, 0.25) is 5.91 Å². The molecular formula is C22H26N6O2. The van der Waals surface area contributed by atoms with Gasteiger partial charge in [0.05, 0.1) is 24.0 Å². The Hall–Kier alpha value is -3.29. The number of piperidine rings is 1. The van der Waals surface area contributed by atoms with Gasteiger partial charge in [0.1, 0.15) is 17.4 Å². The van der Waals surface area contributed by atoms with E-state index in [4.69, 9.17) is 9.51 Å². The Labute approximate surface area is 175 Å². The minimum absolute atomic E-state index is 0.120. The lowest BCUT2D eigenvalue weighted by Gasteiger charge is -2.31. The molecule has 0 spiro atoms. The van der Waals surface area contributed by atoms with E-state index >= 15 is 0 Å². The average Bonchev–Trinajstić information content (AvgIpc) is 3.08. The van der Waals surface area contributed by atoms with Gasteiger partial charge in [0.15, 0.2) is 0 Å². The van der Waals surface area contributed by atoms with E-state index in [1.54, 1.807) is 12.4 Å². The molecular weight excluding hydrogens is 380 g/mol. The molecule has 0 atom stereocenters. The van der Waals surface area contributed by atoms with E-state index in [-0.39, 0.29) is 11.8 Å². The Morgan fingerprint density at radius 1 is 1.23 bits per heavy atom. The largest absolute Gasteiger partial charge is 0.361 e. The number of likely N-dealkylation sites (tertiary alicyclic amines) is 1. The van der Waals surface area contributed by atoms with Crippen molar-refractivity contribution in [2.24, 2.45) is 0 Å². The molecule has 156 valence electrons. The van der Waals surface area contributed by atoms with E-state index in [0.717, 1.165) is 46.9 Å². The number of pyridine rings is 1. The van der Waals surface area contributed by atoms with Crippen LogP contribution in [0.25, 0.3) is 0 Å². The van der Waals surface area contributed by atoms with E-state index < -0.39 is 0 Å². The molecule has 1 saturated heterocycles. The topological polar surface area (TPSA) is 97.0 Å². The smallest absolute Gasteiger partial charge is 0.227 e. The Kier molecular flexibility index (Phi) is 5.74. The molecule has 1 amide bonds. The molecule has 3 aromatic rings. The quantitative estimate of drug-likeness (QED) is 0.693. The summed E-state index contributed by atoms with van der Waals surface area (Å²) in [4.78, 5) is 28.1. The van der Waals surface area contributed by atoms with Crippen molar-refractivity contribution in [3.63, 3.8) is 0 Å². The maximum atomic E-state index is 12.7. The van der Waals surface area contributed by atoms with Gasteiger partial charge in [-0.15, -0.1) is 0 Å². The second kappa shape index (κ2) is 8.61. The lowest BCUT2D eigenvalue weighted by Crippen LogP contribution is -2.39. The molecule has 0 unspecified atom stereocenters. The Morgan fingerprint density at radius 3 is 2.73 bits per heavy atom. The first-order chi connectivity index (χ1) is 14.5. The van der Waals surface area contributed by atoms with Crippen LogP contribution in [0.5, 0.6) is 0 Å². The number of carbonyl (C=O) groups is 1. The highest BCUT2D eigenvalue weighted by Crippen LogP contribution is 2.28. The Balaban J connectivity index is 1.37. The van der Waals surface area contributed by atoms with Crippen molar-refractivity contribution in [3.05, 3.63) is 59.0 Å². The normalized spacial score (nSPS) is 14.7. The minimum atomic E-state index is 0.120. The summed E-state index contributed by atoms with van der Waals surface area (Å²) in [5.41, 5.74) is 3.69. The zero-order chi connectivity index (χ0) is 21.1. The number of hydrogen-bond donors (Lipinski definition) is 1. The third-order valence-corrected chi connectivity index (χ3v) is 5.68. The summed E-state index contributed by atoms with van der Waals surface area (Å²) in [6.07, 6.45) is 7.36. The summed E-state index contributed by atoms with van der Waals surface area (Å²) in [6, 6.07) is 3.91. The van der Waals surface area contributed by atoms with E-state index in [9.17, 15) is 4.79 Å². The maximum absolute atomic E-state index is 12.7. The summed E-state index contributed by atoms with van der Waals surface area (Å²) in [6.45, 7) is 7.15. The monoisotopic (exact) mass is 406 g/mol. The van der Waals surface area contributed by atoms with E-state index in [0.29, 0.717) is 25.3 Å². The van der Waals surface area contributed by atoms with E-state index in [1.165, 1.54) is 0 Å². The van der Waals surface area contributed by atoms with Gasteiger partial charge in [-0.25, -0.2) is 9.97 Å². The number of amides is 1. The molecule has 4 heterocycles. The van der Waals surface area contributed by atoms with Crippen LogP contribution in [0, 0.1) is 20.8 Å². The number of rotatable bonds is 5. The van der Waals surface area contributed by atoms with Crippen LogP contribution >= 0.6 is 0 Å². The molecule has 0 bridgehead atoms. The minimum Gasteiger partial charge on any atom is -0.361 e. The third-order valence-electron chi connectivity index (χ3n) is 5.68. The fourth-order valence-corrected chi connectivity index (χ4v) is 3.82. The molecule has 1 aliphatic rings. The van der Waals surface area contributed by atoms with Crippen LogP contribution < -0.4 is 5.32 Å². The van der Waals surface area contributed by atoms with Crippen LogP contribution in [0.2, 0.25) is 0 Å². The van der Waals surface area contributed by atoms with E-state index in [1.807, 2.05) is 44.0 Å². The summed E-state index contributed by atoms with van der Waals surface area (Å²) in [7, 11) is 0. The van der Waals surface area contributed by atoms with Gasteiger partial charge in [0.25, 0.3) is 0 Å². The highest BCUT2D eigenvalue weighted by molar-refractivity contribution is 5.79. The number of hydrogen-bond acceptors (Lipinski definition) is 7. The van der Waals surface area contributed by atoms with Gasteiger partial charge >= 0.3 is 0 Å². The van der Waals surface area contributed by atoms with Crippen LogP contribution in [0.3, 0.4) is 0 Å². The van der Waals surface area contributed by atoms with Crippen molar-refractivity contribution in [1.82, 2.24) is 25.0 Å². The van der Waals surface area contributed by atoms with Crippen LogP contribution in [0.4, 0.5) is 11.6 Å². The Morgan fingerprint density at radius 2 is 2.03 bits per heavy atom. The summed E-state index contributed by atoms with van der Waals surface area (Å²) in [5, 5.41) is 7.19. The molecule has 1 aliphatic heterocycles. The van der Waals surface area contributed by atoms with E-state index in [2.05, 4.69) is 20.4 Å². The standard InChI is InChI=1S/C22H26N6O2/c1-14-5-4-8-24-22(14)26-20-13-23-12-19(25-20)17-6-9-28(10-7-17)21(29)11-18-15(2)27-30-16(18)3/h4-5,8,12-13,17H,6-7,9-11H2,1-3H3,(H,24,25,26). The van der Waals surface area contributed by atoms with Crippen LogP contribution in [0.1, 0.15) is 47.0 Å². The Bertz CT molecular complexity index is 1020. The molecule has 8 nitrogen and oxygen atoms in total. The van der Waals surface area contributed by atoms with Gasteiger partial charge in [-0.1, -0.05) is 11.2 Å². The SMILES string of the molecule is Cc1cccnc1Nc1cncc(C2CCN(C(=O)Cc3c(C)noc3C)CC2)n1. The van der Waals surface area contributed by atoms with Crippen LogP contribution in [-0.2, 0) is 11.2 Å². The zero-order valence-corrected chi connectivity index (χ0v) is 17.6. The number of aromatic nitrogens is 4. The number of nitrogens with one attached hydrogen (secondary N) is 1. The van der Waals surface area contributed by atoms with Gasteiger partial charge in [-0.05, 0) is 45.2 Å². The molecule has 4 rings (SSSR count). The first kappa shape index (κ1) is 20.0. The molecule has 1 fully saturated rings. The number of nitrogens with zero attached hydrogens (tertiary/aromatic N) is 5.